The van der Waals surface area contributed by atoms with Crippen molar-refractivity contribution in [2.75, 3.05) is 0 Å². The van der Waals surface area contributed by atoms with E-state index in [2.05, 4.69) is 0 Å². The van der Waals surface area contributed by atoms with E-state index >= 15 is 4.39 Å². The molecule has 0 saturated heterocycles. The van der Waals surface area contributed by atoms with Crippen LogP contribution in [-0.2, 0) is 0 Å². The highest BCUT2D eigenvalue weighted by atomic mass is 32.1. The summed E-state index contributed by atoms with van der Waals surface area (Å²) in [6.45, 7) is 3.02. The maximum atomic E-state index is 15.1. The van der Waals surface area contributed by atoms with Crippen LogP contribution in [0.1, 0.15) is 28.4 Å². The van der Waals surface area contributed by atoms with E-state index in [9.17, 15) is 18.3 Å². The Morgan fingerprint density at radius 1 is 0.667 bits per heavy atom. The molecule has 0 radical (unpaired) electrons. The minimum Gasteiger partial charge on any atom is -0.383 e. The van der Waals surface area contributed by atoms with E-state index in [1.807, 2.05) is 0 Å². The van der Waals surface area contributed by atoms with Gasteiger partial charge in [-0.2, -0.15) is 0 Å². The minimum atomic E-state index is -1.68. The van der Waals surface area contributed by atoms with Gasteiger partial charge in [-0.05, 0) is 25.0 Å². The smallest absolute Gasteiger partial charge is 0.165 e. The summed E-state index contributed by atoms with van der Waals surface area (Å²) in [6.07, 6.45) is -1.68. The maximum absolute atomic E-state index is 15.1. The van der Waals surface area contributed by atoms with E-state index in [0.29, 0.717) is 21.0 Å². The van der Waals surface area contributed by atoms with Gasteiger partial charge in [0.15, 0.2) is 11.6 Å². The Morgan fingerprint density at radius 2 is 1.15 bits per heavy atom. The molecular formula is C21H14F4OS. The van der Waals surface area contributed by atoms with Gasteiger partial charge in [-0.3, -0.25) is 0 Å². The molecule has 1 N–H and O–H groups in total. The van der Waals surface area contributed by atoms with Crippen molar-refractivity contribution in [2.45, 2.75) is 20.0 Å². The van der Waals surface area contributed by atoms with Crippen LogP contribution >= 0.6 is 11.3 Å². The molecule has 0 aliphatic carbocycles. The highest BCUT2D eigenvalue weighted by Gasteiger charge is 2.24. The van der Waals surface area contributed by atoms with Crippen LogP contribution in [0.15, 0.2) is 36.4 Å². The van der Waals surface area contributed by atoms with Gasteiger partial charge in [-0.15, -0.1) is 11.3 Å². The van der Waals surface area contributed by atoms with Gasteiger partial charge in [0.2, 0.25) is 0 Å². The van der Waals surface area contributed by atoms with Gasteiger partial charge in [0, 0.05) is 21.9 Å². The van der Waals surface area contributed by atoms with Gasteiger partial charge in [0.1, 0.15) is 17.7 Å². The minimum absolute atomic E-state index is 0.0923. The first kappa shape index (κ1) is 17.9. The molecule has 0 aliphatic heterocycles. The fourth-order valence-electron chi connectivity index (χ4n) is 3.20. The van der Waals surface area contributed by atoms with Crippen LogP contribution in [-0.4, -0.2) is 5.11 Å². The fourth-order valence-corrected chi connectivity index (χ4v) is 4.44. The molecule has 0 saturated carbocycles. The highest BCUT2D eigenvalue weighted by Crippen LogP contribution is 2.40. The zero-order valence-corrected chi connectivity index (χ0v) is 15.2. The highest BCUT2D eigenvalue weighted by molar-refractivity contribution is 7.25. The van der Waals surface area contributed by atoms with Gasteiger partial charge in [0.05, 0.1) is 9.40 Å². The third-order valence-corrected chi connectivity index (χ3v) is 6.01. The van der Waals surface area contributed by atoms with Crippen LogP contribution in [0, 0.1) is 37.1 Å². The van der Waals surface area contributed by atoms with Crippen LogP contribution in [0.4, 0.5) is 17.6 Å². The number of hydrogen-bond donors (Lipinski definition) is 1. The first-order chi connectivity index (χ1) is 12.8. The molecule has 1 nitrogen and oxygen atoms in total. The summed E-state index contributed by atoms with van der Waals surface area (Å²) in [5.41, 5.74) is 0.00877. The molecule has 0 spiro atoms. The first-order valence-corrected chi connectivity index (χ1v) is 9.05. The van der Waals surface area contributed by atoms with Crippen LogP contribution in [0.2, 0.25) is 0 Å². The lowest BCUT2D eigenvalue weighted by molar-refractivity contribution is 0.208. The number of aliphatic hydroxyl groups is 1. The van der Waals surface area contributed by atoms with Crippen LogP contribution < -0.4 is 0 Å². The molecule has 1 aromatic heterocycles. The molecule has 0 bridgehead atoms. The molecule has 4 aromatic rings. The van der Waals surface area contributed by atoms with Gasteiger partial charge in [-0.25, -0.2) is 17.6 Å². The predicted octanol–water partition coefficient (Wildman–Crippen LogP) is 6.31. The fraction of sp³-hybridized carbons (Fsp3) is 0.143. The summed E-state index contributed by atoms with van der Waals surface area (Å²) < 4.78 is 58.0. The van der Waals surface area contributed by atoms with E-state index in [-0.39, 0.29) is 21.4 Å². The van der Waals surface area contributed by atoms with Crippen molar-refractivity contribution in [3.8, 4) is 0 Å². The van der Waals surface area contributed by atoms with E-state index < -0.39 is 29.4 Å². The summed E-state index contributed by atoms with van der Waals surface area (Å²) in [7, 11) is 0. The lowest BCUT2D eigenvalue weighted by Crippen LogP contribution is -2.07. The SMILES string of the molecule is Cc1ccc(C(O)c2ccc3c(sc4c(F)c(C)ccc43)c2F)c(F)c1F. The van der Waals surface area contributed by atoms with Gasteiger partial charge in [-0.1, -0.05) is 36.4 Å². The van der Waals surface area contributed by atoms with Crippen LogP contribution in [0.3, 0.4) is 0 Å². The molecule has 0 fully saturated rings. The van der Waals surface area contributed by atoms with Crippen molar-refractivity contribution in [1.82, 2.24) is 0 Å². The first-order valence-electron chi connectivity index (χ1n) is 8.23. The summed E-state index contributed by atoms with van der Waals surface area (Å²) in [4.78, 5) is 0. The molecule has 0 aliphatic rings. The zero-order chi connectivity index (χ0) is 19.5. The molecule has 1 unspecified atom stereocenters. The molecule has 138 valence electrons. The number of fused-ring (bicyclic) bond motifs is 3. The number of rotatable bonds is 2. The van der Waals surface area contributed by atoms with Crippen LogP contribution in [0.25, 0.3) is 20.2 Å². The van der Waals surface area contributed by atoms with Crippen molar-refractivity contribution in [2.24, 2.45) is 0 Å². The second-order valence-corrected chi connectivity index (χ2v) is 7.54. The lowest BCUT2D eigenvalue weighted by Gasteiger charge is -2.15. The van der Waals surface area contributed by atoms with E-state index in [0.717, 1.165) is 11.3 Å². The molecule has 27 heavy (non-hydrogen) atoms. The zero-order valence-electron chi connectivity index (χ0n) is 14.4. The standard InChI is InChI=1S/C21H14F4OS/c1-9-4-6-13(17(24)15(9)22)19(26)14-8-7-12-11-5-3-10(2)16(23)20(11)27-21(12)18(14)25/h3-8,19,26H,1-2H3. The number of aryl methyl sites for hydroxylation is 2. The van der Waals surface area contributed by atoms with Gasteiger partial charge in [0.25, 0.3) is 0 Å². The summed E-state index contributed by atoms with van der Waals surface area (Å²) in [6, 6.07) is 8.78. The molecule has 3 aromatic carbocycles. The largest absolute Gasteiger partial charge is 0.383 e. The summed E-state index contributed by atoms with van der Waals surface area (Å²) in [5, 5.41) is 11.6. The second kappa shape index (κ2) is 6.32. The van der Waals surface area contributed by atoms with E-state index in [4.69, 9.17) is 0 Å². The Bertz CT molecular complexity index is 1210. The Labute approximate surface area is 156 Å². The van der Waals surface area contributed by atoms with Crippen LogP contribution in [0.5, 0.6) is 0 Å². The predicted molar refractivity (Wildman–Crippen MR) is 99.1 cm³/mol. The van der Waals surface area contributed by atoms with Gasteiger partial charge >= 0.3 is 0 Å². The quantitative estimate of drug-likeness (QED) is 0.398. The average Bonchev–Trinajstić information content (AvgIpc) is 3.03. The van der Waals surface area contributed by atoms with Crippen molar-refractivity contribution >= 4 is 31.5 Å². The molecule has 1 heterocycles. The maximum Gasteiger partial charge on any atom is 0.165 e. The molecule has 1 atom stereocenters. The van der Waals surface area contributed by atoms with Crippen molar-refractivity contribution in [3.63, 3.8) is 0 Å². The Balaban J connectivity index is 1.93. The third-order valence-electron chi connectivity index (χ3n) is 4.81. The summed E-state index contributed by atoms with van der Waals surface area (Å²) >= 11 is 0.937. The number of halogens is 4. The Kier molecular flexibility index (Phi) is 4.20. The molecular weight excluding hydrogens is 376 g/mol. The topological polar surface area (TPSA) is 20.2 Å². The Hall–Kier alpha value is -2.44. The molecule has 4 rings (SSSR count). The van der Waals surface area contributed by atoms with Crippen molar-refractivity contribution < 1.29 is 22.7 Å². The van der Waals surface area contributed by atoms with Crippen molar-refractivity contribution in [1.29, 1.82) is 0 Å². The Morgan fingerprint density at radius 3 is 1.85 bits per heavy atom. The third kappa shape index (κ3) is 2.63. The summed E-state index contributed by atoms with van der Waals surface area (Å²) in [5.74, 6) is -3.46. The average molecular weight is 390 g/mol. The number of aliphatic hydroxyl groups excluding tert-OH is 1. The normalized spacial score (nSPS) is 12.9. The number of hydrogen-bond acceptors (Lipinski definition) is 2. The molecule has 6 heteroatoms. The van der Waals surface area contributed by atoms with E-state index in [1.165, 1.54) is 25.1 Å². The monoisotopic (exact) mass is 390 g/mol. The van der Waals surface area contributed by atoms with Gasteiger partial charge < -0.3 is 5.11 Å². The second-order valence-electron chi connectivity index (χ2n) is 6.52. The number of thiophene rings is 1. The van der Waals surface area contributed by atoms with Crippen molar-refractivity contribution in [3.05, 3.63) is 81.9 Å². The number of benzene rings is 3. The van der Waals surface area contributed by atoms with E-state index in [1.54, 1.807) is 25.1 Å². The lowest BCUT2D eigenvalue weighted by atomic mass is 9.98. The molecule has 0 amide bonds.